The molecule has 7 heteroatoms. The lowest BCUT2D eigenvalue weighted by atomic mass is 9.96. The maximum absolute atomic E-state index is 12.9. The molecule has 0 aromatic heterocycles. The summed E-state index contributed by atoms with van der Waals surface area (Å²) >= 11 is 0. The molecule has 1 saturated carbocycles. The van der Waals surface area contributed by atoms with Gasteiger partial charge in [-0.1, -0.05) is 31.4 Å². The molecular weight excluding hydrogens is 379 g/mol. The molecule has 0 heterocycles. The van der Waals surface area contributed by atoms with Crippen LogP contribution in [0.5, 0.6) is 0 Å². The van der Waals surface area contributed by atoms with Crippen LogP contribution in [0.2, 0.25) is 0 Å². The second-order valence-corrected chi connectivity index (χ2v) is 8.57. The fraction of sp³-hybridized carbons (Fsp3) is 0.286. The molecule has 2 aromatic carbocycles. The molecule has 0 spiro atoms. The van der Waals surface area contributed by atoms with Crippen LogP contribution in [0.15, 0.2) is 59.5 Å². The molecule has 3 rings (SSSR count). The summed E-state index contributed by atoms with van der Waals surface area (Å²) in [6.07, 6.45) is 7.89. The second-order valence-electron chi connectivity index (χ2n) is 6.85. The lowest BCUT2D eigenvalue weighted by Gasteiger charge is -2.22. The van der Waals surface area contributed by atoms with E-state index in [1.54, 1.807) is 30.3 Å². The number of sulfonamides is 1. The molecule has 148 valence electrons. The van der Waals surface area contributed by atoms with Crippen molar-refractivity contribution >= 4 is 27.7 Å². The SMILES string of the molecule is O=C(C=Cc1ccc(F)cc1)Nc1ccc(S(=O)(=O)NC2CCCCC2)cc1. The third-order valence-corrected chi connectivity index (χ3v) is 6.19. The van der Waals surface area contributed by atoms with Gasteiger partial charge in [-0.15, -0.1) is 0 Å². The third kappa shape index (κ3) is 5.74. The van der Waals surface area contributed by atoms with E-state index < -0.39 is 10.0 Å². The zero-order chi connectivity index (χ0) is 20.0. The summed E-state index contributed by atoms with van der Waals surface area (Å²) in [6, 6.07) is 11.8. The fourth-order valence-electron chi connectivity index (χ4n) is 3.16. The van der Waals surface area contributed by atoms with Gasteiger partial charge in [0.1, 0.15) is 5.82 Å². The number of hydrogen-bond donors (Lipinski definition) is 2. The predicted octanol–water partition coefficient (Wildman–Crippen LogP) is 4.09. The van der Waals surface area contributed by atoms with E-state index in [0.29, 0.717) is 11.3 Å². The van der Waals surface area contributed by atoms with Gasteiger partial charge in [-0.05, 0) is 60.9 Å². The molecule has 2 aromatic rings. The Morgan fingerprint density at radius 1 is 0.964 bits per heavy atom. The van der Waals surface area contributed by atoms with Crippen molar-refractivity contribution in [1.29, 1.82) is 0 Å². The molecule has 5 nitrogen and oxygen atoms in total. The van der Waals surface area contributed by atoms with E-state index in [4.69, 9.17) is 0 Å². The zero-order valence-electron chi connectivity index (χ0n) is 15.4. The number of anilines is 1. The molecule has 1 aliphatic carbocycles. The van der Waals surface area contributed by atoms with E-state index in [-0.39, 0.29) is 22.7 Å². The first kappa shape index (κ1) is 20.2. The maximum Gasteiger partial charge on any atom is 0.248 e. The number of hydrogen-bond acceptors (Lipinski definition) is 3. The van der Waals surface area contributed by atoms with E-state index in [1.165, 1.54) is 30.3 Å². The molecule has 1 aliphatic rings. The minimum absolute atomic E-state index is 0.00488. The average molecular weight is 402 g/mol. The van der Waals surface area contributed by atoms with Crippen LogP contribution in [-0.4, -0.2) is 20.4 Å². The van der Waals surface area contributed by atoms with Gasteiger partial charge in [-0.2, -0.15) is 0 Å². The van der Waals surface area contributed by atoms with E-state index in [9.17, 15) is 17.6 Å². The third-order valence-electron chi connectivity index (χ3n) is 4.66. The zero-order valence-corrected chi connectivity index (χ0v) is 16.2. The Labute approximate surface area is 164 Å². The van der Waals surface area contributed by atoms with Crippen molar-refractivity contribution in [3.05, 3.63) is 66.0 Å². The number of halogens is 1. The Bertz CT molecular complexity index is 933. The number of carbonyl (C=O) groups excluding carboxylic acids is 1. The highest BCUT2D eigenvalue weighted by molar-refractivity contribution is 7.89. The average Bonchev–Trinajstić information content (AvgIpc) is 2.68. The maximum atomic E-state index is 12.9. The molecule has 0 unspecified atom stereocenters. The summed E-state index contributed by atoms with van der Waals surface area (Å²) in [5, 5.41) is 2.67. The normalized spacial score (nSPS) is 15.6. The van der Waals surface area contributed by atoms with Crippen molar-refractivity contribution in [1.82, 2.24) is 4.72 Å². The molecule has 28 heavy (non-hydrogen) atoms. The standard InChI is InChI=1S/C21H23FN2O3S/c22-17-9-6-16(7-10-17)8-15-21(25)23-18-11-13-20(14-12-18)28(26,27)24-19-4-2-1-3-5-19/h6-15,19,24H,1-5H2,(H,23,25). The van der Waals surface area contributed by atoms with Gasteiger partial charge in [-0.3, -0.25) is 4.79 Å². The van der Waals surface area contributed by atoms with Crippen LogP contribution in [0.25, 0.3) is 6.08 Å². The largest absolute Gasteiger partial charge is 0.323 e. The Hall–Kier alpha value is -2.51. The molecule has 0 atom stereocenters. The van der Waals surface area contributed by atoms with Crippen molar-refractivity contribution in [2.45, 2.75) is 43.0 Å². The highest BCUT2D eigenvalue weighted by Crippen LogP contribution is 2.21. The second kappa shape index (κ2) is 9.12. The Morgan fingerprint density at radius 3 is 2.25 bits per heavy atom. The lowest BCUT2D eigenvalue weighted by molar-refractivity contribution is -0.111. The van der Waals surface area contributed by atoms with Crippen LogP contribution in [-0.2, 0) is 14.8 Å². The van der Waals surface area contributed by atoms with Gasteiger partial charge in [0, 0.05) is 17.8 Å². The van der Waals surface area contributed by atoms with E-state index in [1.807, 2.05) is 0 Å². The molecule has 0 saturated heterocycles. The minimum Gasteiger partial charge on any atom is -0.323 e. The highest BCUT2D eigenvalue weighted by Gasteiger charge is 2.21. The van der Waals surface area contributed by atoms with Crippen LogP contribution in [0.1, 0.15) is 37.7 Å². The Balaban J connectivity index is 1.58. The van der Waals surface area contributed by atoms with Gasteiger partial charge in [0.15, 0.2) is 0 Å². The first-order valence-corrected chi connectivity index (χ1v) is 10.8. The number of amides is 1. The van der Waals surface area contributed by atoms with Gasteiger partial charge in [0.2, 0.25) is 15.9 Å². The molecule has 1 fully saturated rings. The molecule has 0 radical (unpaired) electrons. The van der Waals surface area contributed by atoms with Crippen molar-refractivity contribution in [3.63, 3.8) is 0 Å². The number of rotatable bonds is 6. The van der Waals surface area contributed by atoms with Gasteiger partial charge in [0.25, 0.3) is 0 Å². The Kier molecular flexibility index (Phi) is 6.59. The van der Waals surface area contributed by atoms with Crippen LogP contribution in [0.3, 0.4) is 0 Å². The summed E-state index contributed by atoms with van der Waals surface area (Å²) in [6.45, 7) is 0. The van der Waals surface area contributed by atoms with Crippen molar-refractivity contribution in [3.8, 4) is 0 Å². The first-order chi connectivity index (χ1) is 13.4. The van der Waals surface area contributed by atoms with Gasteiger partial charge >= 0.3 is 0 Å². The van der Waals surface area contributed by atoms with Crippen molar-refractivity contribution < 1.29 is 17.6 Å². The summed E-state index contributed by atoms with van der Waals surface area (Å²) in [4.78, 5) is 12.2. The van der Waals surface area contributed by atoms with E-state index >= 15 is 0 Å². The van der Waals surface area contributed by atoms with Crippen LogP contribution >= 0.6 is 0 Å². The van der Waals surface area contributed by atoms with Gasteiger partial charge in [0.05, 0.1) is 4.90 Å². The quantitative estimate of drug-likeness (QED) is 0.715. The summed E-state index contributed by atoms with van der Waals surface area (Å²) in [7, 11) is -3.56. The monoisotopic (exact) mass is 402 g/mol. The van der Waals surface area contributed by atoms with Gasteiger partial charge < -0.3 is 5.32 Å². The number of nitrogens with one attached hydrogen (secondary N) is 2. The molecule has 0 aliphatic heterocycles. The highest BCUT2D eigenvalue weighted by atomic mass is 32.2. The molecular formula is C21H23FN2O3S. The molecule has 0 bridgehead atoms. The number of benzene rings is 2. The van der Waals surface area contributed by atoms with E-state index in [2.05, 4.69) is 10.0 Å². The predicted molar refractivity (Wildman–Crippen MR) is 108 cm³/mol. The van der Waals surface area contributed by atoms with Crippen LogP contribution < -0.4 is 10.0 Å². The molecule has 1 amide bonds. The van der Waals surface area contributed by atoms with E-state index in [0.717, 1.165) is 32.1 Å². The van der Waals surface area contributed by atoms with Crippen molar-refractivity contribution in [2.24, 2.45) is 0 Å². The minimum atomic E-state index is -3.56. The topological polar surface area (TPSA) is 75.3 Å². The lowest BCUT2D eigenvalue weighted by Crippen LogP contribution is -2.36. The summed E-state index contributed by atoms with van der Waals surface area (Å²) < 4.78 is 40.6. The first-order valence-electron chi connectivity index (χ1n) is 9.29. The fourth-order valence-corrected chi connectivity index (χ4v) is 4.46. The van der Waals surface area contributed by atoms with Gasteiger partial charge in [-0.25, -0.2) is 17.5 Å². The smallest absolute Gasteiger partial charge is 0.248 e. The van der Waals surface area contributed by atoms with Crippen LogP contribution in [0.4, 0.5) is 10.1 Å². The Morgan fingerprint density at radius 2 is 1.61 bits per heavy atom. The summed E-state index contributed by atoms with van der Waals surface area (Å²) in [5.41, 5.74) is 1.19. The number of carbonyl (C=O) groups is 1. The molecule has 2 N–H and O–H groups in total. The van der Waals surface area contributed by atoms with Crippen LogP contribution in [0, 0.1) is 5.82 Å². The van der Waals surface area contributed by atoms with Crippen molar-refractivity contribution in [2.75, 3.05) is 5.32 Å². The summed E-state index contributed by atoms with van der Waals surface area (Å²) in [5.74, 6) is -0.699.